The number of amides is 1. The van der Waals surface area contributed by atoms with Crippen molar-refractivity contribution in [2.75, 3.05) is 12.3 Å². The van der Waals surface area contributed by atoms with E-state index in [1.54, 1.807) is 11.8 Å². The van der Waals surface area contributed by atoms with Crippen LogP contribution in [0.3, 0.4) is 0 Å². The molecule has 98 valence electrons. The lowest BCUT2D eigenvalue weighted by molar-refractivity contribution is 0.140. The number of rotatable bonds is 6. The van der Waals surface area contributed by atoms with Crippen LogP contribution in [0.25, 0.3) is 0 Å². The Kier molecular flexibility index (Phi) is 7.44. The van der Waals surface area contributed by atoms with Crippen LogP contribution in [-0.2, 0) is 11.3 Å². The van der Waals surface area contributed by atoms with Crippen LogP contribution < -0.4 is 5.32 Å². The lowest BCUT2D eigenvalue weighted by Crippen LogP contribution is -2.26. The van der Waals surface area contributed by atoms with E-state index in [0.29, 0.717) is 19.6 Å². The van der Waals surface area contributed by atoms with E-state index in [2.05, 4.69) is 12.2 Å². The number of carbonyl (C=O) groups excluding carboxylic acids is 1. The molecule has 0 aliphatic carbocycles. The van der Waals surface area contributed by atoms with Crippen LogP contribution in [-0.4, -0.2) is 22.6 Å². The second-order valence-electron chi connectivity index (χ2n) is 3.54. The molecule has 1 rings (SSSR count). The van der Waals surface area contributed by atoms with Gasteiger partial charge in [-0.2, -0.15) is 0 Å². The van der Waals surface area contributed by atoms with E-state index >= 15 is 0 Å². The molecule has 1 aromatic carbocycles. The Bertz CT molecular complexity index is 382. The number of hydrogen-bond donors (Lipinski definition) is 1. The van der Waals surface area contributed by atoms with Gasteiger partial charge in [0.15, 0.2) is 0 Å². The molecule has 0 fully saturated rings. The summed E-state index contributed by atoms with van der Waals surface area (Å²) in [4.78, 5) is 11.4. The van der Waals surface area contributed by atoms with Crippen molar-refractivity contribution in [2.24, 2.45) is 0 Å². The van der Waals surface area contributed by atoms with E-state index in [1.807, 2.05) is 30.3 Å². The molecule has 0 heterocycles. The molecule has 0 spiro atoms. The standard InChI is InChI=1S/C13H17NO2S2/c1-2-18-12(17)8-9-14-13(15)16-10-11-6-4-3-5-7-11/h3-7H,2,8-10H2,1H3,(H,14,15). The molecule has 1 N–H and O–H groups in total. The molecule has 0 saturated heterocycles. The number of carbonyl (C=O) groups is 1. The van der Waals surface area contributed by atoms with Gasteiger partial charge in [0.25, 0.3) is 0 Å². The molecule has 0 aromatic heterocycles. The van der Waals surface area contributed by atoms with Crippen LogP contribution in [0.4, 0.5) is 4.79 Å². The third-order valence-corrected chi connectivity index (χ3v) is 3.49. The summed E-state index contributed by atoms with van der Waals surface area (Å²) >= 11 is 6.75. The minimum absolute atomic E-state index is 0.292. The molecule has 0 aliphatic rings. The Morgan fingerprint density at radius 3 is 2.78 bits per heavy atom. The highest BCUT2D eigenvalue weighted by Gasteiger charge is 2.03. The fourth-order valence-electron chi connectivity index (χ4n) is 1.27. The lowest BCUT2D eigenvalue weighted by atomic mass is 10.2. The van der Waals surface area contributed by atoms with Crippen molar-refractivity contribution in [3.05, 3.63) is 35.9 Å². The first-order valence-corrected chi connectivity index (χ1v) is 7.22. The van der Waals surface area contributed by atoms with Gasteiger partial charge in [-0.25, -0.2) is 4.79 Å². The monoisotopic (exact) mass is 283 g/mol. The van der Waals surface area contributed by atoms with Crippen molar-refractivity contribution in [3.8, 4) is 0 Å². The van der Waals surface area contributed by atoms with E-state index in [-0.39, 0.29) is 0 Å². The minimum atomic E-state index is -0.400. The smallest absolute Gasteiger partial charge is 0.407 e. The summed E-state index contributed by atoms with van der Waals surface area (Å²) in [5.41, 5.74) is 0.977. The quantitative estimate of drug-likeness (QED) is 0.812. The summed E-state index contributed by atoms with van der Waals surface area (Å²) in [5.74, 6) is 0.970. The lowest BCUT2D eigenvalue weighted by Gasteiger charge is -2.07. The van der Waals surface area contributed by atoms with Gasteiger partial charge in [0, 0.05) is 17.2 Å². The predicted molar refractivity (Wildman–Crippen MR) is 80.0 cm³/mol. The zero-order valence-corrected chi connectivity index (χ0v) is 12.0. The molecule has 0 aliphatic heterocycles. The van der Waals surface area contributed by atoms with Crippen molar-refractivity contribution in [2.45, 2.75) is 20.0 Å². The Morgan fingerprint density at radius 2 is 2.11 bits per heavy atom. The van der Waals surface area contributed by atoms with Crippen molar-refractivity contribution >= 4 is 34.3 Å². The second-order valence-corrected chi connectivity index (χ2v) is 5.65. The van der Waals surface area contributed by atoms with Gasteiger partial charge in [-0.3, -0.25) is 0 Å². The van der Waals surface area contributed by atoms with Gasteiger partial charge < -0.3 is 10.1 Å². The highest BCUT2D eigenvalue weighted by atomic mass is 32.2. The van der Waals surface area contributed by atoms with Gasteiger partial charge in [-0.05, 0) is 11.3 Å². The van der Waals surface area contributed by atoms with Crippen molar-refractivity contribution in [1.82, 2.24) is 5.32 Å². The average molecular weight is 283 g/mol. The normalized spacial score (nSPS) is 9.83. The predicted octanol–water partition coefficient (Wildman–Crippen LogP) is 3.38. The Hall–Kier alpha value is -1.07. The molecule has 0 unspecified atom stereocenters. The van der Waals surface area contributed by atoms with E-state index in [9.17, 15) is 4.79 Å². The number of nitrogens with one attached hydrogen (secondary N) is 1. The zero-order valence-electron chi connectivity index (χ0n) is 10.3. The number of thiocarbonyl (C=S) groups is 1. The number of thioether (sulfide) groups is 1. The topological polar surface area (TPSA) is 38.3 Å². The molecule has 3 nitrogen and oxygen atoms in total. The fourth-order valence-corrected chi connectivity index (χ4v) is 2.30. The van der Waals surface area contributed by atoms with Crippen molar-refractivity contribution < 1.29 is 9.53 Å². The molecule has 0 bridgehead atoms. The van der Waals surface area contributed by atoms with E-state index in [1.165, 1.54) is 0 Å². The maximum absolute atomic E-state index is 11.4. The van der Waals surface area contributed by atoms with Gasteiger partial charge >= 0.3 is 6.09 Å². The zero-order chi connectivity index (χ0) is 13.2. The van der Waals surface area contributed by atoms with Gasteiger partial charge in [-0.1, -0.05) is 49.5 Å². The van der Waals surface area contributed by atoms with Gasteiger partial charge in [0.1, 0.15) is 6.61 Å². The molecule has 0 atom stereocenters. The maximum Gasteiger partial charge on any atom is 0.407 e. The van der Waals surface area contributed by atoms with Crippen LogP contribution in [0.15, 0.2) is 30.3 Å². The fraction of sp³-hybridized carbons (Fsp3) is 0.385. The number of benzene rings is 1. The van der Waals surface area contributed by atoms with Gasteiger partial charge in [-0.15, -0.1) is 11.8 Å². The summed E-state index contributed by atoms with van der Waals surface area (Å²) in [6, 6.07) is 9.59. The van der Waals surface area contributed by atoms with E-state index in [4.69, 9.17) is 17.0 Å². The first kappa shape index (κ1) is 15.0. The van der Waals surface area contributed by atoms with Gasteiger partial charge in [0.05, 0.1) is 0 Å². The number of hydrogen-bond acceptors (Lipinski definition) is 4. The van der Waals surface area contributed by atoms with E-state index in [0.717, 1.165) is 15.5 Å². The summed E-state index contributed by atoms with van der Waals surface area (Å²) in [6.45, 7) is 2.87. The highest BCUT2D eigenvalue weighted by Crippen LogP contribution is 2.06. The van der Waals surface area contributed by atoms with Crippen LogP contribution in [0.2, 0.25) is 0 Å². The highest BCUT2D eigenvalue weighted by molar-refractivity contribution is 8.23. The Labute approximate surface area is 117 Å². The minimum Gasteiger partial charge on any atom is -0.445 e. The number of ether oxygens (including phenoxy) is 1. The molecular formula is C13H17NO2S2. The molecule has 0 saturated carbocycles. The van der Waals surface area contributed by atoms with E-state index < -0.39 is 6.09 Å². The second kappa shape index (κ2) is 8.94. The third-order valence-electron chi connectivity index (χ3n) is 2.12. The van der Waals surface area contributed by atoms with Crippen molar-refractivity contribution in [1.29, 1.82) is 0 Å². The SMILES string of the molecule is CCSC(=S)CCNC(=O)OCc1ccccc1. The molecule has 1 amide bonds. The first-order valence-electron chi connectivity index (χ1n) is 5.82. The Balaban J connectivity index is 2.13. The third kappa shape index (κ3) is 6.61. The summed E-state index contributed by atoms with van der Waals surface area (Å²) in [6.07, 6.45) is 0.303. The van der Waals surface area contributed by atoms with Crippen LogP contribution in [0, 0.1) is 0 Å². The first-order chi connectivity index (χ1) is 8.72. The maximum atomic E-state index is 11.4. The Morgan fingerprint density at radius 1 is 1.39 bits per heavy atom. The molecule has 0 radical (unpaired) electrons. The van der Waals surface area contributed by atoms with Crippen LogP contribution in [0.1, 0.15) is 18.9 Å². The summed E-state index contributed by atoms with van der Waals surface area (Å²) < 4.78 is 5.99. The summed E-state index contributed by atoms with van der Waals surface area (Å²) in [7, 11) is 0. The average Bonchev–Trinajstić information content (AvgIpc) is 2.38. The van der Waals surface area contributed by atoms with Crippen LogP contribution >= 0.6 is 24.0 Å². The number of alkyl carbamates (subject to hydrolysis) is 1. The van der Waals surface area contributed by atoms with Crippen molar-refractivity contribution in [3.63, 3.8) is 0 Å². The molecule has 1 aromatic rings. The molecule has 18 heavy (non-hydrogen) atoms. The molecule has 5 heteroatoms. The molecular weight excluding hydrogens is 266 g/mol. The van der Waals surface area contributed by atoms with Gasteiger partial charge in [0.2, 0.25) is 0 Å². The van der Waals surface area contributed by atoms with Crippen LogP contribution in [0.5, 0.6) is 0 Å². The largest absolute Gasteiger partial charge is 0.445 e. The summed E-state index contributed by atoms with van der Waals surface area (Å²) in [5, 5.41) is 2.68.